The molecule has 0 unspecified atom stereocenters. The molecule has 0 bridgehead atoms. The average molecular weight is 305 g/mol. The molecule has 0 atom stereocenters. The molecule has 0 spiro atoms. The zero-order valence-electron chi connectivity index (χ0n) is 12.5. The highest BCUT2D eigenvalue weighted by molar-refractivity contribution is 5.96. The highest BCUT2D eigenvalue weighted by Crippen LogP contribution is 2.24. The first-order chi connectivity index (χ1) is 10.6. The number of carbonyl (C=O) groups is 2. The highest BCUT2D eigenvalue weighted by atomic mass is 16.6. The van der Waals surface area contributed by atoms with Crippen molar-refractivity contribution < 1.29 is 19.4 Å². The van der Waals surface area contributed by atoms with Crippen molar-refractivity contribution in [3.05, 3.63) is 29.1 Å². The summed E-state index contributed by atoms with van der Waals surface area (Å²) in [6, 6.07) is 0. The van der Waals surface area contributed by atoms with Crippen molar-refractivity contribution in [2.24, 2.45) is 0 Å². The number of fused-ring (bicyclic) bond motifs is 1. The maximum absolute atomic E-state index is 12.4. The molecule has 1 fully saturated rings. The molecule has 22 heavy (non-hydrogen) atoms. The Balaban J connectivity index is 1.78. The van der Waals surface area contributed by atoms with Gasteiger partial charge in [0.1, 0.15) is 0 Å². The molecule has 0 radical (unpaired) electrons. The molecule has 1 aromatic heterocycles. The second-order valence-electron chi connectivity index (χ2n) is 5.56. The number of likely N-dealkylation sites (tertiary alicyclic amines) is 1. The number of aliphatic hydroxyl groups excluding tert-OH is 1. The zero-order valence-corrected chi connectivity index (χ0v) is 12.5. The summed E-state index contributed by atoms with van der Waals surface area (Å²) >= 11 is 0. The van der Waals surface area contributed by atoms with E-state index in [0.29, 0.717) is 44.8 Å². The summed E-state index contributed by atoms with van der Waals surface area (Å²) in [5.41, 5.74) is 2.40. The van der Waals surface area contributed by atoms with Crippen molar-refractivity contribution >= 4 is 12.0 Å². The van der Waals surface area contributed by atoms with E-state index in [1.165, 1.54) is 0 Å². The van der Waals surface area contributed by atoms with Crippen LogP contribution in [0.4, 0.5) is 4.79 Å². The Morgan fingerprint density at radius 2 is 2.14 bits per heavy atom. The van der Waals surface area contributed by atoms with Gasteiger partial charge in [0.25, 0.3) is 5.91 Å². The van der Waals surface area contributed by atoms with Crippen LogP contribution >= 0.6 is 0 Å². The van der Waals surface area contributed by atoms with Crippen LogP contribution in [0.15, 0.2) is 12.4 Å². The predicted molar refractivity (Wildman–Crippen MR) is 77.3 cm³/mol. The smallest absolute Gasteiger partial charge is 0.410 e. The van der Waals surface area contributed by atoms with Gasteiger partial charge in [-0.15, -0.1) is 0 Å². The Labute approximate surface area is 128 Å². The van der Waals surface area contributed by atoms with Gasteiger partial charge in [0.05, 0.1) is 24.8 Å². The molecule has 2 aliphatic heterocycles. The van der Waals surface area contributed by atoms with Crippen molar-refractivity contribution in [2.75, 3.05) is 26.2 Å². The molecule has 1 aromatic rings. The third-order valence-electron chi connectivity index (χ3n) is 4.05. The van der Waals surface area contributed by atoms with E-state index in [-0.39, 0.29) is 12.0 Å². The number of aliphatic hydroxyl groups is 1. The van der Waals surface area contributed by atoms with Crippen LogP contribution in [0.1, 0.15) is 28.4 Å². The second-order valence-corrected chi connectivity index (χ2v) is 5.56. The topological polar surface area (TPSA) is 83.0 Å². The number of carbonyl (C=O) groups excluding carboxylic acids is 2. The summed E-state index contributed by atoms with van der Waals surface area (Å²) in [7, 11) is 0. The first-order valence-corrected chi connectivity index (χ1v) is 7.45. The summed E-state index contributed by atoms with van der Waals surface area (Å²) < 4.78 is 5.01. The van der Waals surface area contributed by atoms with Crippen LogP contribution in [0.25, 0.3) is 0 Å². The minimum Gasteiger partial charge on any atom is -0.450 e. The van der Waals surface area contributed by atoms with Gasteiger partial charge in [-0.2, -0.15) is 0 Å². The monoisotopic (exact) mass is 305 g/mol. The molecule has 2 amide bonds. The van der Waals surface area contributed by atoms with Crippen LogP contribution in [0.2, 0.25) is 0 Å². The number of hydrogen-bond acceptors (Lipinski definition) is 5. The lowest BCUT2D eigenvalue weighted by Gasteiger charge is -2.37. The number of rotatable bonds is 2. The fraction of sp³-hybridized carbons (Fsp3) is 0.533. The zero-order chi connectivity index (χ0) is 15.7. The number of nitrogens with zero attached hydrogens (tertiary/aromatic N) is 3. The Hall–Kier alpha value is -2.15. The highest BCUT2D eigenvalue weighted by Gasteiger charge is 2.32. The molecular weight excluding hydrogens is 286 g/mol. The van der Waals surface area contributed by atoms with E-state index in [0.717, 1.165) is 11.1 Å². The normalized spacial score (nSPS) is 17.7. The maximum Gasteiger partial charge on any atom is 0.410 e. The SMILES string of the molecule is CCOC(=O)N1CCc2c(cncc2C(=O)N2CC(O)C2)C1. The van der Waals surface area contributed by atoms with Crippen molar-refractivity contribution in [3.8, 4) is 0 Å². The lowest BCUT2D eigenvalue weighted by Crippen LogP contribution is -2.53. The van der Waals surface area contributed by atoms with Crippen LogP contribution in [0.3, 0.4) is 0 Å². The van der Waals surface area contributed by atoms with Crippen molar-refractivity contribution in [2.45, 2.75) is 26.0 Å². The van der Waals surface area contributed by atoms with Gasteiger partial charge < -0.3 is 19.6 Å². The van der Waals surface area contributed by atoms with Crippen LogP contribution < -0.4 is 0 Å². The largest absolute Gasteiger partial charge is 0.450 e. The Morgan fingerprint density at radius 1 is 1.36 bits per heavy atom. The number of β-amino-alcohol motifs (C(OH)–C–C–N with tert-alkyl or cyclic N) is 1. The van der Waals surface area contributed by atoms with Gasteiger partial charge in [-0.3, -0.25) is 9.78 Å². The number of hydrogen-bond donors (Lipinski definition) is 1. The standard InChI is InChI=1S/C15H19N3O4/c1-2-22-15(21)17-4-3-12-10(7-17)5-16-6-13(12)14(20)18-8-11(19)9-18/h5-6,11,19H,2-4,7-9H2,1H3. The fourth-order valence-corrected chi connectivity index (χ4v) is 2.84. The van der Waals surface area contributed by atoms with Crippen molar-refractivity contribution in [1.82, 2.24) is 14.8 Å². The molecule has 7 nitrogen and oxygen atoms in total. The average Bonchev–Trinajstić information content (AvgIpc) is 2.50. The van der Waals surface area contributed by atoms with E-state index >= 15 is 0 Å². The van der Waals surface area contributed by atoms with Gasteiger partial charge in [0.15, 0.2) is 0 Å². The predicted octanol–water partition coefficient (Wildman–Crippen LogP) is 0.413. The lowest BCUT2D eigenvalue weighted by molar-refractivity contribution is 0.00574. The van der Waals surface area contributed by atoms with E-state index < -0.39 is 6.10 Å². The van der Waals surface area contributed by atoms with Gasteiger partial charge in [-0.1, -0.05) is 0 Å². The molecule has 3 heterocycles. The molecule has 0 saturated carbocycles. The van der Waals surface area contributed by atoms with E-state index in [9.17, 15) is 14.7 Å². The Bertz CT molecular complexity index is 598. The summed E-state index contributed by atoms with van der Waals surface area (Å²) in [6.45, 7) is 3.80. The first-order valence-electron chi connectivity index (χ1n) is 7.45. The summed E-state index contributed by atoms with van der Waals surface area (Å²) in [5.74, 6) is -0.0979. The minimum atomic E-state index is -0.421. The van der Waals surface area contributed by atoms with Crippen molar-refractivity contribution in [3.63, 3.8) is 0 Å². The number of pyridine rings is 1. The fourth-order valence-electron chi connectivity index (χ4n) is 2.84. The van der Waals surface area contributed by atoms with Gasteiger partial charge in [0.2, 0.25) is 0 Å². The van der Waals surface area contributed by atoms with E-state index in [1.54, 1.807) is 29.1 Å². The van der Waals surface area contributed by atoms with Crippen LogP contribution in [-0.2, 0) is 17.7 Å². The van der Waals surface area contributed by atoms with Crippen molar-refractivity contribution in [1.29, 1.82) is 0 Å². The third kappa shape index (κ3) is 2.64. The van der Waals surface area contributed by atoms with Crippen LogP contribution in [-0.4, -0.2) is 64.2 Å². The Kier molecular flexibility index (Phi) is 3.98. The quantitative estimate of drug-likeness (QED) is 0.856. The van der Waals surface area contributed by atoms with Gasteiger partial charge in [-0.05, 0) is 24.5 Å². The summed E-state index contributed by atoms with van der Waals surface area (Å²) in [4.78, 5) is 31.6. The molecule has 2 aliphatic rings. The second kappa shape index (κ2) is 5.92. The molecular formula is C15H19N3O4. The number of aromatic nitrogens is 1. The van der Waals surface area contributed by atoms with E-state index in [1.807, 2.05) is 0 Å². The molecule has 7 heteroatoms. The van der Waals surface area contributed by atoms with Gasteiger partial charge in [0, 0.05) is 32.0 Å². The molecule has 0 aromatic carbocycles. The van der Waals surface area contributed by atoms with Crippen LogP contribution in [0, 0.1) is 0 Å². The maximum atomic E-state index is 12.4. The minimum absolute atomic E-state index is 0.0979. The number of amides is 2. The molecule has 1 saturated heterocycles. The summed E-state index contributed by atoms with van der Waals surface area (Å²) in [6.07, 6.45) is 3.12. The Morgan fingerprint density at radius 3 is 2.82 bits per heavy atom. The van der Waals surface area contributed by atoms with E-state index in [4.69, 9.17) is 4.74 Å². The molecule has 118 valence electrons. The molecule has 3 rings (SSSR count). The number of ether oxygens (including phenoxy) is 1. The van der Waals surface area contributed by atoms with Crippen LogP contribution in [0.5, 0.6) is 0 Å². The van der Waals surface area contributed by atoms with Gasteiger partial charge in [-0.25, -0.2) is 4.79 Å². The summed E-state index contributed by atoms with van der Waals surface area (Å²) in [5, 5.41) is 9.33. The third-order valence-corrected chi connectivity index (χ3v) is 4.05. The first kappa shape index (κ1) is 14.8. The van der Waals surface area contributed by atoms with Gasteiger partial charge >= 0.3 is 6.09 Å². The van der Waals surface area contributed by atoms with E-state index in [2.05, 4.69) is 4.98 Å². The molecule has 0 aliphatic carbocycles. The molecule has 1 N–H and O–H groups in total. The lowest BCUT2D eigenvalue weighted by atomic mass is 9.96.